The van der Waals surface area contributed by atoms with Crippen LogP contribution in [-0.4, -0.2) is 30.9 Å². The molecule has 0 aromatic heterocycles. The maximum atomic E-state index is 13.0. The average Bonchev–Trinajstić information content (AvgIpc) is 2.15. The average molecular weight is 210 g/mol. The molecule has 0 spiro atoms. The Morgan fingerprint density at radius 3 is 2.67 bits per heavy atom. The number of rotatable bonds is 3. The van der Waals surface area contributed by atoms with Crippen molar-refractivity contribution in [2.75, 3.05) is 20.1 Å². The van der Waals surface area contributed by atoms with Crippen LogP contribution in [0.15, 0.2) is 18.2 Å². The van der Waals surface area contributed by atoms with E-state index in [0.717, 1.165) is 5.56 Å². The van der Waals surface area contributed by atoms with Gasteiger partial charge in [-0.1, -0.05) is 0 Å². The summed E-state index contributed by atoms with van der Waals surface area (Å²) in [6.07, 6.45) is 0. The van der Waals surface area contributed by atoms with E-state index < -0.39 is 0 Å². The predicted octanol–water partition coefficient (Wildman–Crippen LogP) is 1.16. The molecule has 4 heteroatoms. The van der Waals surface area contributed by atoms with Crippen molar-refractivity contribution < 1.29 is 9.18 Å². The smallest absolute Gasteiger partial charge is 0.253 e. The summed E-state index contributed by atoms with van der Waals surface area (Å²) in [5, 5.41) is 0. The monoisotopic (exact) mass is 210 g/mol. The number of halogens is 1. The van der Waals surface area contributed by atoms with E-state index in [1.807, 2.05) is 0 Å². The van der Waals surface area contributed by atoms with Crippen molar-refractivity contribution >= 4 is 5.91 Å². The Morgan fingerprint density at radius 1 is 1.47 bits per heavy atom. The summed E-state index contributed by atoms with van der Waals surface area (Å²) < 4.78 is 13.0. The van der Waals surface area contributed by atoms with Crippen LogP contribution in [0.25, 0.3) is 0 Å². The molecule has 0 bridgehead atoms. The Labute approximate surface area is 88.7 Å². The minimum Gasteiger partial charge on any atom is -0.340 e. The van der Waals surface area contributed by atoms with Gasteiger partial charge in [0.2, 0.25) is 0 Å². The molecule has 0 aliphatic rings. The van der Waals surface area contributed by atoms with Crippen LogP contribution in [0.5, 0.6) is 0 Å². The lowest BCUT2D eigenvalue weighted by Gasteiger charge is -2.16. The van der Waals surface area contributed by atoms with E-state index in [0.29, 0.717) is 18.7 Å². The first kappa shape index (κ1) is 11.7. The van der Waals surface area contributed by atoms with Crippen LogP contribution in [0.4, 0.5) is 4.39 Å². The number of aryl methyl sites for hydroxylation is 1. The van der Waals surface area contributed by atoms with Crippen molar-refractivity contribution in [2.45, 2.75) is 6.92 Å². The Hall–Kier alpha value is -1.42. The molecule has 0 atom stereocenters. The highest BCUT2D eigenvalue weighted by atomic mass is 19.1. The topological polar surface area (TPSA) is 46.3 Å². The highest BCUT2D eigenvalue weighted by Crippen LogP contribution is 2.10. The quantitative estimate of drug-likeness (QED) is 0.813. The van der Waals surface area contributed by atoms with Crippen LogP contribution in [0, 0.1) is 12.7 Å². The van der Waals surface area contributed by atoms with Crippen LogP contribution in [0.2, 0.25) is 0 Å². The molecule has 3 nitrogen and oxygen atoms in total. The van der Waals surface area contributed by atoms with Gasteiger partial charge in [0.1, 0.15) is 5.82 Å². The second-order valence-electron chi connectivity index (χ2n) is 3.53. The molecule has 1 amide bonds. The third-order valence-electron chi connectivity index (χ3n) is 2.10. The van der Waals surface area contributed by atoms with Crippen LogP contribution < -0.4 is 5.73 Å². The van der Waals surface area contributed by atoms with E-state index in [1.165, 1.54) is 17.0 Å². The molecule has 0 heterocycles. The number of hydrogen-bond donors (Lipinski definition) is 1. The van der Waals surface area contributed by atoms with E-state index in [2.05, 4.69) is 0 Å². The van der Waals surface area contributed by atoms with Crippen molar-refractivity contribution in [1.29, 1.82) is 0 Å². The number of benzene rings is 1. The lowest BCUT2D eigenvalue weighted by atomic mass is 10.1. The summed E-state index contributed by atoms with van der Waals surface area (Å²) in [4.78, 5) is 13.2. The molecule has 0 saturated heterocycles. The summed E-state index contributed by atoms with van der Waals surface area (Å²) in [6.45, 7) is 2.62. The zero-order valence-electron chi connectivity index (χ0n) is 8.96. The highest BCUT2D eigenvalue weighted by molar-refractivity contribution is 5.94. The van der Waals surface area contributed by atoms with Gasteiger partial charge in [-0.3, -0.25) is 4.79 Å². The Morgan fingerprint density at radius 2 is 2.13 bits per heavy atom. The molecule has 82 valence electrons. The lowest BCUT2D eigenvalue weighted by Crippen LogP contribution is -2.31. The Kier molecular flexibility index (Phi) is 3.80. The molecule has 0 saturated carbocycles. The molecule has 0 radical (unpaired) electrons. The number of amides is 1. The molecule has 15 heavy (non-hydrogen) atoms. The van der Waals surface area contributed by atoms with Gasteiger partial charge in [0, 0.05) is 25.7 Å². The van der Waals surface area contributed by atoms with Gasteiger partial charge in [0.25, 0.3) is 5.91 Å². The summed E-state index contributed by atoms with van der Waals surface area (Å²) in [6, 6.07) is 4.29. The van der Waals surface area contributed by atoms with Crippen LogP contribution in [-0.2, 0) is 0 Å². The minimum absolute atomic E-state index is 0.206. The second kappa shape index (κ2) is 4.89. The minimum atomic E-state index is -0.389. The van der Waals surface area contributed by atoms with Crippen LogP contribution in [0.3, 0.4) is 0 Å². The normalized spacial score (nSPS) is 10.1. The zero-order valence-corrected chi connectivity index (χ0v) is 8.96. The van der Waals surface area contributed by atoms with E-state index >= 15 is 0 Å². The van der Waals surface area contributed by atoms with Gasteiger partial charge in [-0.2, -0.15) is 0 Å². The Balaban J connectivity index is 2.90. The number of hydrogen-bond acceptors (Lipinski definition) is 2. The third-order valence-corrected chi connectivity index (χ3v) is 2.10. The fourth-order valence-electron chi connectivity index (χ4n) is 1.38. The maximum absolute atomic E-state index is 13.0. The second-order valence-corrected chi connectivity index (χ2v) is 3.53. The molecule has 1 aromatic carbocycles. The van der Waals surface area contributed by atoms with Crippen molar-refractivity contribution in [3.63, 3.8) is 0 Å². The molecule has 1 aromatic rings. The van der Waals surface area contributed by atoms with Gasteiger partial charge >= 0.3 is 0 Å². The number of nitrogens with two attached hydrogens (primary N) is 1. The van der Waals surface area contributed by atoms with Gasteiger partial charge < -0.3 is 10.6 Å². The number of nitrogens with zero attached hydrogens (tertiary/aromatic N) is 1. The summed E-state index contributed by atoms with van der Waals surface area (Å²) in [5.74, 6) is -0.595. The number of carbonyl (C=O) groups is 1. The molecular weight excluding hydrogens is 195 g/mol. The highest BCUT2D eigenvalue weighted by Gasteiger charge is 2.11. The van der Waals surface area contributed by atoms with Crippen molar-refractivity contribution in [3.8, 4) is 0 Å². The maximum Gasteiger partial charge on any atom is 0.253 e. The zero-order chi connectivity index (χ0) is 11.4. The lowest BCUT2D eigenvalue weighted by molar-refractivity contribution is 0.0798. The summed E-state index contributed by atoms with van der Waals surface area (Å²) in [5.41, 5.74) is 6.44. The fourth-order valence-corrected chi connectivity index (χ4v) is 1.38. The fraction of sp³-hybridized carbons (Fsp3) is 0.364. The summed E-state index contributed by atoms with van der Waals surface area (Å²) in [7, 11) is 1.65. The Bertz CT molecular complexity index is 345. The van der Waals surface area contributed by atoms with E-state index in [-0.39, 0.29) is 11.7 Å². The largest absolute Gasteiger partial charge is 0.340 e. The first-order valence-electron chi connectivity index (χ1n) is 4.77. The summed E-state index contributed by atoms with van der Waals surface area (Å²) >= 11 is 0. The first-order chi connectivity index (χ1) is 7.04. The standard InChI is InChI=1S/C11H15FN2O/c1-8-5-9(7-10(12)6-8)11(15)14(2)4-3-13/h5-7H,3-4,13H2,1-2H3. The van der Waals surface area contributed by atoms with E-state index in [9.17, 15) is 9.18 Å². The van der Waals surface area contributed by atoms with E-state index in [4.69, 9.17) is 5.73 Å². The SMILES string of the molecule is Cc1cc(F)cc(C(=O)N(C)CCN)c1. The van der Waals surface area contributed by atoms with Gasteiger partial charge in [0.05, 0.1) is 0 Å². The van der Waals surface area contributed by atoms with Gasteiger partial charge in [-0.25, -0.2) is 4.39 Å². The van der Waals surface area contributed by atoms with Crippen LogP contribution >= 0.6 is 0 Å². The molecule has 2 N–H and O–H groups in total. The van der Waals surface area contributed by atoms with Crippen molar-refractivity contribution in [1.82, 2.24) is 4.90 Å². The van der Waals surface area contributed by atoms with Gasteiger partial charge in [-0.05, 0) is 30.7 Å². The molecule has 0 aliphatic heterocycles. The molecule has 0 aliphatic carbocycles. The number of likely N-dealkylation sites (N-methyl/N-ethyl adjacent to an activating group) is 1. The first-order valence-corrected chi connectivity index (χ1v) is 4.77. The predicted molar refractivity (Wildman–Crippen MR) is 57.2 cm³/mol. The van der Waals surface area contributed by atoms with Gasteiger partial charge in [0.15, 0.2) is 0 Å². The van der Waals surface area contributed by atoms with E-state index in [1.54, 1.807) is 20.0 Å². The van der Waals surface area contributed by atoms with Gasteiger partial charge in [-0.15, -0.1) is 0 Å². The van der Waals surface area contributed by atoms with Crippen LogP contribution in [0.1, 0.15) is 15.9 Å². The molecule has 1 rings (SSSR count). The molecular formula is C11H15FN2O. The van der Waals surface area contributed by atoms with Crippen molar-refractivity contribution in [3.05, 3.63) is 35.1 Å². The molecule has 0 fully saturated rings. The van der Waals surface area contributed by atoms with Crippen molar-refractivity contribution in [2.24, 2.45) is 5.73 Å². The number of carbonyl (C=O) groups excluding carboxylic acids is 1. The molecule has 0 unspecified atom stereocenters. The third kappa shape index (κ3) is 3.02.